The Kier molecular flexibility index (Phi) is 3.69. The summed E-state index contributed by atoms with van der Waals surface area (Å²) in [5.41, 5.74) is 1.08. The van der Waals surface area contributed by atoms with Gasteiger partial charge in [-0.3, -0.25) is 14.5 Å². The van der Waals surface area contributed by atoms with Crippen LogP contribution >= 0.6 is 11.3 Å². The minimum atomic E-state index is -0.246. The van der Waals surface area contributed by atoms with Gasteiger partial charge in [-0.05, 0) is 17.9 Å². The lowest BCUT2D eigenvalue weighted by Gasteiger charge is -2.34. The number of carbonyl (C=O) groups is 1. The van der Waals surface area contributed by atoms with E-state index in [0.29, 0.717) is 19.7 Å². The van der Waals surface area contributed by atoms with Gasteiger partial charge in [0, 0.05) is 30.7 Å². The van der Waals surface area contributed by atoms with Crippen LogP contribution in [-0.2, 0) is 22.7 Å². The summed E-state index contributed by atoms with van der Waals surface area (Å²) >= 11 is 1.75. The fourth-order valence-corrected chi connectivity index (χ4v) is 3.84. The molecule has 0 bridgehead atoms. The number of hydroxylamine groups is 2. The molecule has 2 aliphatic heterocycles. The van der Waals surface area contributed by atoms with Crippen molar-refractivity contribution in [3.8, 4) is 0 Å². The molecule has 0 spiro atoms. The number of hydrogen-bond donors (Lipinski definition) is 0. The van der Waals surface area contributed by atoms with Gasteiger partial charge in [0.25, 0.3) is 5.91 Å². The predicted molar refractivity (Wildman–Crippen MR) is 82.0 cm³/mol. The van der Waals surface area contributed by atoms with Crippen molar-refractivity contribution in [1.29, 1.82) is 0 Å². The van der Waals surface area contributed by atoms with Crippen molar-refractivity contribution in [2.24, 2.45) is 0 Å². The summed E-state index contributed by atoms with van der Waals surface area (Å²) in [5.74, 6) is 0.0348. The molecule has 1 amide bonds. The first-order valence-electron chi connectivity index (χ1n) is 7.51. The van der Waals surface area contributed by atoms with E-state index in [9.17, 15) is 4.79 Å². The highest BCUT2D eigenvalue weighted by Gasteiger charge is 2.34. The van der Waals surface area contributed by atoms with Gasteiger partial charge in [-0.1, -0.05) is 6.07 Å². The minimum Gasteiger partial charge on any atom is -0.319 e. The van der Waals surface area contributed by atoms with E-state index < -0.39 is 0 Å². The van der Waals surface area contributed by atoms with E-state index in [2.05, 4.69) is 27.4 Å². The molecule has 1 saturated heterocycles. The number of fused-ring (bicyclic) bond motifs is 1. The van der Waals surface area contributed by atoms with E-state index in [4.69, 9.17) is 4.84 Å². The molecule has 2 aromatic heterocycles. The molecule has 0 aromatic carbocycles. The summed E-state index contributed by atoms with van der Waals surface area (Å²) < 4.78 is 1.99. The van der Waals surface area contributed by atoms with Gasteiger partial charge in [0.1, 0.15) is 6.04 Å². The van der Waals surface area contributed by atoms with Crippen LogP contribution in [0.1, 0.15) is 23.0 Å². The van der Waals surface area contributed by atoms with Crippen LogP contribution in [-0.4, -0.2) is 45.1 Å². The Hall–Kier alpha value is -1.70. The molecule has 1 atom stereocenters. The maximum absolute atomic E-state index is 12.7. The standard InChI is InChI=1S/C15H18N4O2S/c20-15(19-4-2-5-21-19)14-10-17(9-13-3-1-6-22-13)8-12-7-16-11-18(12)14/h1,3,6-7,11,14H,2,4-5,8-10H2/t14-/m0/s1. The van der Waals surface area contributed by atoms with Crippen LogP contribution < -0.4 is 0 Å². The molecule has 6 nitrogen and oxygen atoms in total. The molecule has 0 unspecified atom stereocenters. The SMILES string of the molecule is O=C([C@@H]1CN(Cc2cccs2)Cc2cncn21)N1CCCO1. The molecule has 0 aliphatic carbocycles. The summed E-state index contributed by atoms with van der Waals surface area (Å²) in [6, 6.07) is 3.95. The number of thiophene rings is 1. The van der Waals surface area contributed by atoms with Crippen LogP contribution in [0.3, 0.4) is 0 Å². The minimum absolute atomic E-state index is 0.0348. The lowest BCUT2D eigenvalue weighted by molar-refractivity contribution is -0.173. The Labute approximate surface area is 132 Å². The van der Waals surface area contributed by atoms with Crippen molar-refractivity contribution >= 4 is 17.2 Å². The van der Waals surface area contributed by atoms with Gasteiger partial charge in [-0.25, -0.2) is 10.0 Å². The van der Waals surface area contributed by atoms with Crippen molar-refractivity contribution < 1.29 is 9.63 Å². The third kappa shape index (κ3) is 2.55. The molecule has 0 radical (unpaired) electrons. The van der Waals surface area contributed by atoms with Crippen LogP contribution in [0.2, 0.25) is 0 Å². The highest BCUT2D eigenvalue weighted by molar-refractivity contribution is 7.09. The first kappa shape index (κ1) is 13.9. The zero-order valence-electron chi connectivity index (χ0n) is 12.2. The zero-order chi connectivity index (χ0) is 14.9. The molecule has 116 valence electrons. The highest BCUT2D eigenvalue weighted by atomic mass is 32.1. The Balaban J connectivity index is 1.56. The number of imidazole rings is 1. The second-order valence-electron chi connectivity index (χ2n) is 5.68. The lowest BCUT2D eigenvalue weighted by atomic mass is 10.1. The van der Waals surface area contributed by atoms with Gasteiger partial charge in [0.15, 0.2) is 0 Å². The van der Waals surface area contributed by atoms with Gasteiger partial charge < -0.3 is 4.57 Å². The van der Waals surface area contributed by atoms with Gasteiger partial charge in [0.05, 0.1) is 25.2 Å². The van der Waals surface area contributed by atoms with Crippen LogP contribution in [0, 0.1) is 0 Å². The average Bonchev–Trinajstić information content (AvgIpc) is 3.27. The molecular weight excluding hydrogens is 300 g/mol. The normalized spacial score (nSPS) is 22.0. The largest absolute Gasteiger partial charge is 0.319 e. The van der Waals surface area contributed by atoms with E-state index in [1.807, 2.05) is 10.8 Å². The van der Waals surface area contributed by atoms with Crippen molar-refractivity contribution in [3.05, 3.63) is 40.6 Å². The van der Waals surface area contributed by atoms with Crippen molar-refractivity contribution in [3.63, 3.8) is 0 Å². The molecule has 2 aromatic rings. The number of amides is 1. The van der Waals surface area contributed by atoms with Crippen LogP contribution in [0.5, 0.6) is 0 Å². The maximum Gasteiger partial charge on any atom is 0.270 e. The van der Waals surface area contributed by atoms with Crippen molar-refractivity contribution in [2.45, 2.75) is 25.6 Å². The smallest absolute Gasteiger partial charge is 0.270 e. The second-order valence-corrected chi connectivity index (χ2v) is 6.72. The Morgan fingerprint density at radius 1 is 1.50 bits per heavy atom. The molecule has 0 saturated carbocycles. The quantitative estimate of drug-likeness (QED) is 0.864. The van der Waals surface area contributed by atoms with E-state index in [0.717, 1.165) is 25.2 Å². The van der Waals surface area contributed by atoms with Gasteiger partial charge >= 0.3 is 0 Å². The van der Waals surface area contributed by atoms with E-state index in [1.165, 1.54) is 9.94 Å². The fourth-order valence-electron chi connectivity index (χ4n) is 3.09. The Morgan fingerprint density at radius 2 is 2.45 bits per heavy atom. The van der Waals surface area contributed by atoms with Crippen LogP contribution in [0.25, 0.3) is 0 Å². The third-order valence-corrected chi connectivity index (χ3v) is 5.00. The first-order valence-corrected chi connectivity index (χ1v) is 8.39. The summed E-state index contributed by atoms with van der Waals surface area (Å²) in [5, 5.41) is 3.60. The first-order chi connectivity index (χ1) is 10.8. The topological polar surface area (TPSA) is 50.6 Å². The molecule has 4 rings (SSSR count). The van der Waals surface area contributed by atoms with E-state index in [1.54, 1.807) is 17.7 Å². The lowest BCUT2D eigenvalue weighted by Crippen LogP contribution is -2.44. The molecule has 4 heterocycles. The Morgan fingerprint density at radius 3 is 3.23 bits per heavy atom. The highest BCUT2D eigenvalue weighted by Crippen LogP contribution is 2.26. The third-order valence-electron chi connectivity index (χ3n) is 4.14. The number of aromatic nitrogens is 2. The zero-order valence-corrected chi connectivity index (χ0v) is 13.0. The number of carbonyl (C=O) groups excluding carboxylic acids is 1. The van der Waals surface area contributed by atoms with Gasteiger partial charge in [-0.15, -0.1) is 11.3 Å². The average molecular weight is 318 g/mol. The van der Waals surface area contributed by atoms with Crippen LogP contribution in [0.15, 0.2) is 30.0 Å². The number of nitrogens with zero attached hydrogens (tertiary/aromatic N) is 4. The second kappa shape index (κ2) is 5.83. The molecule has 2 aliphatic rings. The van der Waals surface area contributed by atoms with Gasteiger partial charge in [0.2, 0.25) is 0 Å². The summed E-state index contributed by atoms with van der Waals surface area (Å²) in [6.45, 7) is 3.70. The number of hydrogen-bond acceptors (Lipinski definition) is 5. The molecular formula is C15H18N4O2S. The fraction of sp³-hybridized carbons (Fsp3) is 0.467. The molecule has 1 fully saturated rings. The molecule has 7 heteroatoms. The van der Waals surface area contributed by atoms with Crippen molar-refractivity contribution in [1.82, 2.24) is 19.5 Å². The van der Waals surface area contributed by atoms with Crippen molar-refractivity contribution in [2.75, 3.05) is 19.7 Å². The monoisotopic (exact) mass is 318 g/mol. The predicted octanol–water partition coefficient (Wildman–Crippen LogP) is 1.67. The summed E-state index contributed by atoms with van der Waals surface area (Å²) in [7, 11) is 0. The summed E-state index contributed by atoms with van der Waals surface area (Å²) in [6.07, 6.45) is 4.52. The number of rotatable bonds is 3. The van der Waals surface area contributed by atoms with Gasteiger partial charge in [-0.2, -0.15) is 0 Å². The maximum atomic E-state index is 12.7. The summed E-state index contributed by atoms with van der Waals surface area (Å²) in [4.78, 5) is 26.0. The van der Waals surface area contributed by atoms with E-state index >= 15 is 0 Å². The Bertz CT molecular complexity index is 648. The van der Waals surface area contributed by atoms with E-state index in [-0.39, 0.29) is 11.9 Å². The molecule has 22 heavy (non-hydrogen) atoms. The van der Waals surface area contributed by atoms with Crippen LogP contribution in [0.4, 0.5) is 0 Å². The molecule has 0 N–H and O–H groups in total.